The number of carbonyl (C=O) groups is 1. The van der Waals surface area contributed by atoms with E-state index in [1.807, 2.05) is 4.90 Å². The van der Waals surface area contributed by atoms with Gasteiger partial charge in [-0.2, -0.15) is 0 Å². The first-order valence-corrected chi connectivity index (χ1v) is 6.61. The van der Waals surface area contributed by atoms with Crippen molar-refractivity contribution in [2.45, 2.75) is 18.9 Å². The van der Waals surface area contributed by atoms with Crippen LogP contribution in [0, 0.1) is 0 Å². The Hall–Kier alpha value is -0.650. The maximum atomic E-state index is 12.1. The van der Waals surface area contributed by atoms with Crippen molar-refractivity contribution in [3.05, 3.63) is 0 Å². The lowest BCUT2D eigenvalue weighted by Gasteiger charge is -2.34. The zero-order chi connectivity index (χ0) is 12.3. The fraction of sp³-hybridized carbons (Fsp3) is 0.917. The quantitative estimate of drug-likeness (QED) is 0.682. The van der Waals surface area contributed by atoms with Gasteiger partial charge in [0.25, 0.3) is 0 Å². The summed E-state index contributed by atoms with van der Waals surface area (Å²) in [6.45, 7) is 5.79. The van der Waals surface area contributed by atoms with Crippen LogP contribution >= 0.6 is 0 Å². The van der Waals surface area contributed by atoms with Gasteiger partial charge in [0.15, 0.2) is 0 Å². The molecule has 98 valence electrons. The van der Waals surface area contributed by atoms with Crippen LogP contribution in [0.4, 0.5) is 0 Å². The summed E-state index contributed by atoms with van der Waals surface area (Å²) >= 11 is 0. The summed E-state index contributed by atoms with van der Waals surface area (Å²) < 4.78 is 0. The predicted octanol–water partition coefficient (Wildman–Crippen LogP) is -0.816. The molecule has 0 radical (unpaired) electrons. The Balaban J connectivity index is 1.78. The molecule has 0 atom stereocenters. The van der Waals surface area contributed by atoms with Gasteiger partial charge in [-0.25, -0.2) is 0 Å². The van der Waals surface area contributed by atoms with E-state index in [0.717, 1.165) is 32.7 Å². The highest BCUT2D eigenvalue weighted by Gasteiger charge is 2.31. The Morgan fingerprint density at radius 3 is 2.47 bits per heavy atom. The van der Waals surface area contributed by atoms with Gasteiger partial charge in [-0.15, -0.1) is 0 Å². The third-order valence-corrected chi connectivity index (χ3v) is 3.67. The van der Waals surface area contributed by atoms with Crippen LogP contribution in [0.5, 0.6) is 0 Å². The minimum atomic E-state index is 0.276. The van der Waals surface area contributed by atoms with Crippen LogP contribution in [0.2, 0.25) is 0 Å². The Bertz CT molecular complexity index is 259. The lowest BCUT2D eigenvalue weighted by molar-refractivity contribution is -0.134. The van der Waals surface area contributed by atoms with Crippen LogP contribution in [0.3, 0.4) is 0 Å². The number of likely N-dealkylation sites (N-methyl/N-ethyl adjacent to an activating group) is 1. The highest BCUT2D eigenvalue weighted by Crippen LogP contribution is 2.26. The van der Waals surface area contributed by atoms with Crippen molar-refractivity contribution in [2.24, 2.45) is 5.73 Å². The average Bonchev–Trinajstić information content (AvgIpc) is 3.13. The standard InChI is InChI=1S/C12H24N4O/c1-14-6-8-15(9-7-14)12(17)10-16(5-4-13)11-2-3-11/h11H,2-10,13H2,1H3. The summed E-state index contributed by atoms with van der Waals surface area (Å²) in [4.78, 5) is 18.7. The lowest BCUT2D eigenvalue weighted by Crippen LogP contribution is -2.50. The van der Waals surface area contributed by atoms with E-state index in [1.165, 1.54) is 12.8 Å². The van der Waals surface area contributed by atoms with Crippen molar-refractivity contribution in [3.8, 4) is 0 Å². The maximum absolute atomic E-state index is 12.1. The molecule has 2 aliphatic rings. The Kier molecular flexibility index (Phi) is 4.36. The number of amides is 1. The Morgan fingerprint density at radius 2 is 1.94 bits per heavy atom. The van der Waals surface area contributed by atoms with Gasteiger partial charge in [0.1, 0.15) is 0 Å². The summed E-state index contributed by atoms with van der Waals surface area (Å²) in [6, 6.07) is 0.620. The number of hydrogen-bond donors (Lipinski definition) is 1. The molecule has 1 heterocycles. The molecule has 5 heteroatoms. The molecule has 1 saturated heterocycles. The normalized spacial score (nSPS) is 22.2. The summed E-state index contributed by atoms with van der Waals surface area (Å²) in [6.07, 6.45) is 2.46. The topological polar surface area (TPSA) is 52.8 Å². The summed E-state index contributed by atoms with van der Waals surface area (Å²) in [5.74, 6) is 0.276. The molecular formula is C12H24N4O. The van der Waals surface area contributed by atoms with E-state index in [1.54, 1.807) is 0 Å². The fourth-order valence-electron chi connectivity index (χ4n) is 2.33. The molecular weight excluding hydrogens is 216 g/mol. The highest BCUT2D eigenvalue weighted by atomic mass is 16.2. The van der Waals surface area contributed by atoms with E-state index >= 15 is 0 Å². The smallest absolute Gasteiger partial charge is 0.236 e. The van der Waals surface area contributed by atoms with Crippen molar-refractivity contribution in [2.75, 3.05) is 52.9 Å². The van der Waals surface area contributed by atoms with E-state index in [4.69, 9.17) is 5.73 Å². The van der Waals surface area contributed by atoms with Crippen LogP contribution in [0.1, 0.15) is 12.8 Å². The number of rotatable bonds is 5. The molecule has 0 spiro atoms. The van der Waals surface area contributed by atoms with E-state index in [2.05, 4.69) is 16.8 Å². The van der Waals surface area contributed by atoms with Crippen LogP contribution in [-0.4, -0.2) is 79.5 Å². The molecule has 0 aromatic rings. The molecule has 2 fully saturated rings. The monoisotopic (exact) mass is 240 g/mol. The van der Waals surface area contributed by atoms with Gasteiger partial charge in [-0.3, -0.25) is 9.69 Å². The second kappa shape index (κ2) is 5.80. The number of nitrogens with zero attached hydrogens (tertiary/aromatic N) is 3. The van der Waals surface area contributed by atoms with Crippen LogP contribution < -0.4 is 5.73 Å². The summed E-state index contributed by atoms with van der Waals surface area (Å²) in [5, 5.41) is 0. The lowest BCUT2D eigenvalue weighted by atomic mass is 10.3. The second-order valence-electron chi connectivity index (χ2n) is 5.17. The molecule has 1 aliphatic heterocycles. The first kappa shape index (κ1) is 12.8. The van der Waals surface area contributed by atoms with E-state index in [0.29, 0.717) is 19.1 Å². The molecule has 0 aromatic carbocycles. The molecule has 2 rings (SSSR count). The molecule has 0 aromatic heterocycles. The number of carbonyl (C=O) groups excluding carboxylic acids is 1. The molecule has 0 bridgehead atoms. The van der Waals surface area contributed by atoms with Gasteiger partial charge in [-0.1, -0.05) is 0 Å². The molecule has 1 aliphatic carbocycles. The minimum absolute atomic E-state index is 0.276. The van der Waals surface area contributed by atoms with Gasteiger partial charge < -0.3 is 15.5 Å². The zero-order valence-electron chi connectivity index (χ0n) is 10.8. The van der Waals surface area contributed by atoms with Crippen LogP contribution in [-0.2, 0) is 4.79 Å². The number of nitrogens with two attached hydrogens (primary N) is 1. The molecule has 1 amide bonds. The molecule has 0 unspecified atom stereocenters. The van der Waals surface area contributed by atoms with E-state index in [-0.39, 0.29) is 5.91 Å². The summed E-state index contributed by atoms with van der Waals surface area (Å²) in [7, 11) is 2.10. The van der Waals surface area contributed by atoms with Crippen LogP contribution in [0.15, 0.2) is 0 Å². The van der Waals surface area contributed by atoms with Gasteiger partial charge >= 0.3 is 0 Å². The van der Waals surface area contributed by atoms with Gasteiger partial charge in [0.05, 0.1) is 6.54 Å². The third kappa shape index (κ3) is 3.66. The SMILES string of the molecule is CN1CCN(C(=O)CN(CCN)C2CC2)CC1. The first-order chi connectivity index (χ1) is 8.20. The molecule has 17 heavy (non-hydrogen) atoms. The number of piperazine rings is 1. The Labute approximate surface area is 104 Å². The van der Waals surface area contributed by atoms with Crippen LogP contribution in [0.25, 0.3) is 0 Å². The van der Waals surface area contributed by atoms with E-state index < -0.39 is 0 Å². The van der Waals surface area contributed by atoms with Crippen molar-refractivity contribution >= 4 is 5.91 Å². The minimum Gasteiger partial charge on any atom is -0.339 e. The molecule has 5 nitrogen and oxygen atoms in total. The first-order valence-electron chi connectivity index (χ1n) is 6.61. The van der Waals surface area contributed by atoms with Crippen molar-refractivity contribution in [1.82, 2.24) is 14.7 Å². The van der Waals surface area contributed by atoms with Crippen molar-refractivity contribution in [1.29, 1.82) is 0 Å². The van der Waals surface area contributed by atoms with Gasteiger partial charge in [0.2, 0.25) is 5.91 Å². The second-order valence-corrected chi connectivity index (χ2v) is 5.17. The van der Waals surface area contributed by atoms with Crippen molar-refractivity contribution < 1.29 is 4.79 Å². The summed E-state index contributed by atoms with van der Waals surface area (Å²) in [5.41, 5.74) is 5.59. The highest BCUT2D eigenvalue weighted by molar-refractivity contribution is 5.78. The van der Waals surface area contributed by atoms with Crippen molar-refractivity contribution in [3.63, 3.8) is 0 Å². The van der Waals surface area contributed by atoms with E-state index in [9.17, 15) is 4.79 Å². The predicted molar refractivity (Wildman–Crippen MR) is 67.7 cm³/mol. The van der Waals surface area contributed by atoms with Gasteiger partial charge in [-0.05, 0) is 19.9 Å². The number of hydrogen-bond acceptors (Lipinski definition) is 4. The fourth-order valence-corrected chi connectivity index (χ4v) is 2.33. The Morgan fingerprint density at radius 1 is 1.29 bits per heavy atom. The molecule has 1 saturated carbocycles. The largest absolute Gasteiger partial charge is 0.339 e. The van der Waals surface area contributed by atoms with Gasteiger partial charge in [0, 0.05) is 45.3 Å². The zero-order valence-corrected chi connectivity index (χ0v) is 10.8. The average molecular weight is 240 g/mol. The maximum Gasteiger partial charge on any atom is 0.236 e. The third-order valence-electron chi connectivity index (χ3n) is 3.67. The molecule has 2 N–H and O–H groups in total.